The van der Waals surface area contributed by atoms with Gasteiger partial charge in [-0.15, -0.1) is 22.7 Å². The first-order valence-electron chi connectivity index (χ1n) is 5.54. The number of thiophene rings is 1. The van der Waals surface area contributed by atoms with Crippen LogP contribution >= 0.6 is 38.6 Å². The predicted octanol–water partition coefficient (Wildman–Crippen LogP) is 5.04. The number of hydrogen-bond donors (Lipinski definition) is 1. The van der Waals surface area contributed by atoms with Crippen LogP contribution in [0.1, 0.15) is 9.75 Å². The van der Waals surface area contributed by atoms with E-state index in [1.807, 2.05) is 16.8 Å². The molecule has 0 atom stereocenters. The zero-order valence-electron chi connectivity index (χ0n) is 9.74. The van der Waals surface area contributed by atoms with Crippen molar-refractivity contribution < 1.29 is 0 Å². The number of hydrogen-bond acceptors (Lipinski definition) is 4. The fourth-order valence-corrected chi connectivity index (χ4v) is 4.02. The van der Waals surface area contributed by atoms with E-state index in [0.717, 1.165) is 17.7 Å². The lowest BCUT2D eigenvalue weighted by molar-refractivity contribution is 1.19. The van der Waals surface area contributed by atoms with Gasteiger partial charge in [-0.2, -0.15) is 0 Å². The zero-order chi connectivity index (χ0) is 12.5. The summed E-state index contributed by atoms with van der Waals surface area (Å²) in [4.78, 5) is 6.94. The lowest BCUT2D eigenvalue weighted by atomic mass is 10.3. The highest BCUT2D eigenvalue weighted by atomic mass is 79.9. The van der Waals surface area contributed by atoms with E-state index < -0.39 is 0 Å². The van der Waals surface area contributed by atoms with E-state index in [4.69, 9.17) is 0 Å². The molecule has 0 spiro atoms. The SMILES string of the molecule is Cc1sc(CNc2ccc3ncsc3c2)cc1Br. The van der Waals surface area contributed by atoms with Crippen LogP contribution in [0.3, 0.4) is 0 Å². The van der Waals surface area contributed by atoms with Crippen LogP contribution in [0.2, 0.25) is 0 Å². The molecule has 0 aliphatic carbocycles. The largest absolute Gasteiger partial charge is 0.380 e. The predicted molar refractivity (Wildman–Crippen MR) is 83.7 cm³/mol. The Balaban J connectivity index is 1.76. The number of halogens is 1. The summed E-state index contributed by atoms with van der Waals surface area (Å²) in [5, 5.41) is 3.45. The molecule has 1 N–H and O–H groups in total. The first kappa shape index (κ1) is 12.1. The fraction of sp³-hybridized carbons (Fsp3) is 0.154. The van der Waals surface area contributed by atoms with Crippen LogP contribution in [-0.4, -0.2) is 4.98 Å². The molecule has 0 amide bonds. The minimum absolute atomic E-state index is 0.863. The second kappa shape index (κ2) is 4.99. The van der Waals surface area contributed by atoms with Crippen LogP contribution in [0.15, 0.2) is 34.2 Å². The molecule has 18 heavy (non-hydrogen) atoms. The van der Waals surface area contributed by atoms with Crippen molar-refractivity contribution in [2.75, 3.05) is 5.32 Å². The Morgan fingerprint density at radius 2 is 2.22 bits per heavy atom. The molecule has 0 saturated heterocycles. The standard InChI is InChI=1S/C13H11BrN2S2/c1-8-11(14)5-10(18-8)6-15-9-2-3-12-13(4-9)17-7-16-12/h2-5,7,15H,6H2,1H3. The number of anilines is 1. The molecule has 92 valence electrons. The molecule has 2 aromatic heterocycles. The number of rotatable bonds is 3. The van der Waals surface area contributed by atoms with Crippen molar-refractivity contribution in [1.29, 1.82) is 0 Å². The van der Waals surface area contributed by atoms with Gasteiger partial charge in [0, 0.05) is 26.5 Å². The highest BCUT2D eigenvalue weighted by Crippen LogP contribution is 2.27. The van der Waals surface area contributed by atoms with E-state index in [9.17, 15) is 0 Å². The van der Waals surface area contributed by atoms with Crippen LogP contribution in [0, 0.1) is 6.92 Å². The van der Waals surface area contributed by atoms with Gasteiger partial charge in [0.25, 0.3) is 0 Å². The molecule has 5 heteroatoms. The van der Waals surface area contributed by atoms with Gasteiger partial charge in [0.15, 0.2) is 0 Å². The number of fused-ring (bicyclic) bond motifs is 1. The topological polar surface area (TPSA) is 24.9 Å². The number of aromatic nitrogens is 1. The van der Waals surface area contributed by atoms with E-state index in [2.05, 4.69) is 57.4 Å². The highest BCUT2D eigenvalue weighted by molar-refractivity contribution is 9.10. The summed E-state index contributed by atoms with van der Waals surface area (Å²) < 4.78 is 2.42. The van der Waals surface area contributed by atoms with Crippen molar-refractivity contribution in [1.82, 2.24) is 4.98 Å². The molecular formula is C13H11BrN2S2. The highest BCUT2D eigenvalue weighted by Gasteiger charge is 2.03. The zero-order valence-corrected chi connectivity index (χ0v) is 13.0. The van der Waals surface area contributed by atoms with E-state index in [1.165, 1.54) is 18.9 Å². The molecule has 0 aliphatic heterocycles. The molecule has 0 aliphatic rings. The van der Waals surface area contributed by atoms with Crippen LogP contribution in [0.5, 0.6) is 0 Å². The van der Waals surface area contributed by atoms with Crippen LogP contribution < -0.4 is 5.32 Å². The van der Waals surface area contributed by atoms with Crippen molar-refractivity contribution in [2.24, 2.45) is 0 Å². The van der Waals surface area contributed by atoms with E-state index in [0.29, 0.717) is 0 Å². The maximum atomic E-state index is 4.28. The molecule has 0 saturated carbocycles. The van der Waals surface area contributed by atoms with E-state index in [1.54, 1.807) is 11.3 Å². The van der Waals surface area contributed by atoms with Gasteiger partial charge in [-0.25, -0.2) is 4.98 Å². The molecule has 3 rings (SSSR count). The number of nitrogens with one attached hydrogen (secondary N) is 1. The van der Waals surface area contributed by atoms with Crippen LogP contribution in [0.25, 0.3) is 10.2 Å². The molecule has 1 aromatic carbocycles. The van der Waals surface area contributed by atoms with Gasteiger partial charge in [0.1, 0.15) is 0 Å². The molecule has 2 nitrogen and oxygen atoms in total. The van der Waals surface area contributed by atoms with E-state index >= 15 is 0 Å². The van der Waals surface area contributed by atoms with Crippen molar-refractivity contribution >= 4 is 54.5 Å². The number of thiazole rings is 1. The first-order chi connectivity index (χ1) is 8.72. The minimum Gasteiger partial charge on any atom is -0.380 e. The molecule has 0 fully saturated rings. The summed E-state index contributed by atoms with van der Waals surface area (Å²) in [7, 11) is 0. The minimum atomic E-state index is 0.863. The lowest BCUT2D eigenvalue weighted by Crippen LogP contribution is -1.96. The smallest absolute Gasteiger partial charge is 0.0813 e. The first-order valence-corrected chi connectivity index (χ1v) is 8.03. The number of aryl methyl sites for hydroxylation is 1. The van der Waals surface area contributed by atoms with Gasteiger partial charge in [-0.05, 0) is 47.1 Å². The summed E-state index contributed by atoms with van der Waals surface area (Å²) in [6, 6.07) is 8.47. The average Bonchev–Trinajstić information content (AvgIpc) is 2.94. The Morgan fingerprint density at radius 1 is 1.33 bits per heavy atom. The Hall–Kier alpha value is -0.910. The third-order valence-corrected chi connectivity index (χ3v) is 5.63. The molecule has 3 aromatic rings. The summed E-state index contributed by atoms with van der Waals surface area (Å²) in [5.41, 5.74) is 4.10. The Kier molecular flexibility index (Phi) is 3.37. The van der Waals surface area contributed by atoms with Crippen molar-refractivity contribution in [2.45, 2.75) is 13.5 Å². The van der Waals surface area contributed by atoms with Gasteiger partial charge in [-0.1, -0.05) is 0 Å². The fourth-order valence-electron chi connectivity index (χ4n) is 1.76. The molecule has 2 heterocycles. The molecule has 0 unspecified atom stereocenters. The quantitative estimate of drug-likeness (QED) is 0.723. The van der Waals surface area contributed by atoms with Crippen LogP contribution in [0.4, 0.5) is 5.69 Å². The Morgan fingerprint density at radius 3 is 3.00 bits per heavy atom. The maximum absolute atomic E-state index is 4.28. The van der Waals surface area contributed by atoms with Gasteiger partial charge < -0.3 is 5.32 Å². The normalized spacial score (nSPS) is 11.0. The van der Waals surface area contributed by atoms with Gasteiger partial charge >= 0.3 is 0 Å². The van der Waals surface area contributed by atoms with Gasteiger partial charge in [-0.3, -0.25) is 0 Å². The maximum Gasteiger partial charge on any atom is 0.0813 e. The summed E-state index contributed by atoms with van der Waals surface area (Å²) in [6.45, 7) is 2.99. The summed E-state index contributed by atoms with van der Waals surface area (Å²) in [6.07, 6.45) is 0. The Labute approximate surface area is 122 Å². The third-order valence-electron chi connectivity index (χ3n) is 2.71. The van der Waals surface area contributed by atoms with Gasteiger partial charge in [0.2, 0.25) is 0 Å². The summed E-state index contributed by atoms with van der Waals surface area (Å²) >= 11 is 7.04. The summed E-state index contributed by atoms with van der Waals surface area (Å²) in [5.74, 6) is 0. The number of benzene rings is 1. The van der Waals surface area contributed by atoms with Gasteiger partial charge in [0.05, 0.1) is 15.7 Å². The molecule has 0 bridgehead atoms. The number of nitrogens with zero attached hydrogens (tertiary/aromatic N) is 1. The molecule has 0 radical (unpaired) electrons. The van der Waals surface area contributed by atoms with Crippen molar-refractivity contribution in [3.63, 3.8) is 0 Å². The lowest BCUT2D eigenvalue weighted by Gasteiger charge is -2.04. The van der Waals surface area contributed by atoms with Crippen LogP contribution in [-0.2, 0) is 6.54 Å². The Bertz CT molecular complexity index is 668. The van der Waals surface area contributed by atoms with Crippen molar-refractivity contribution in [3.8, 4) is 0 Å². The molecular weight excluding hydrogens is 328 g/mol. The third kappa shape index (κ3) is 2.43. The van der Waals surface area contributed by atoms with Crippen molar-refractivity contribution in [3.05, 3.63) is 44.0 Å². The monoisotopic (exact) mass is 338 g/mol. The average molecular weight is 339 g/mol. The van der Waals surface area contributed by atoms with E-state index in [-0.39, 0.29) is 0 Å². The second-order valence-electron chi connectivity index (χ2n) is 4.01. The second-order valence-corrected chi connectivity index (χ2v) is 7.09.